The molecule has 0 amide bonds. The molecule has 0 aliphatic carbocycles. The summed E-state index contributed by atoms with van der Waals surface area (Å²) in [4.78, 5) is 3.97. The lowest BCUT2D eigenvalue weighted by atomic mass is 10.1. The molecule has 0 aliphatic heterocycles. The molecular formula is C14H13ClF3N3. The highest BCUT2D eigenvalue weighted by molar-refractivity contribution is 6.30. The standard InChI is InChI=1S/C14H13ClF3N3/c15-11-4-10(14(16,17)18)5-12(6-11)21-13(7-19)9-2-1-3-20-8-9/h1-6,8,13,21H,7,19H2. The third kappa shape index (κ3) is 4.09. The van der Waals surface area contributed by atoms with Crippen molar-refractivity contribution in [1.29, 1.82) is 0 Å². The number of hydrogen-bond donors (Lipinski definition) is 2. The van der Waals surface area contributed by atoms with Crippen LogP contribution in [0.1, 0.15) is 17.2 Å². The molecule has 1 aromatic heterocycles. The van der Waals surface area contributed by atoms with E-state index in [4.69, 9.17) is 17.3 Å². The number of nitrogens with zero attached hydrogens (tertiary/aromatic N) is 1. The van der Waals surface area contributed by atoms with Gasteiger partial charge in [-0.05, 0) is 29.8 Å². The number of aromatic nitrogens is 1. The fourth-order valence-corrected chi connectivity index (χ4v) is 2.13. The Morgan fingerprint density at radius 2 is 2.05 bits per heavy atom. The molecule has 2 aromatic rings. The Balaban J connectivity index is 2.28. The Kier molecular flexibility index (Phi) is 4.69. The number of rotatable bonds is 4. The van der Waals surface area contributed by atoms with E-state index in [1.54, 1.807) is 24.5 Å². The summed E-state index contributed by atoms with van der Waals surface area (Å²) >= 11 is 5.75. The lowest BCUT2D eigenvalue weighted by molar-refractivity contribution is -0.137. The van der Waals surface area contributed by atoms with Crippen LogP contribution in [0.4, 0.5) is 18.9 Å². The zero-order valence-electron chi connectivity index (χ0n) is 10.9. The molecule has 3 N–H and O–H groups in total. The summed E-state index contributed by atoms with van der Waals surface area (Å²) in [5.74, 6) is 0. The van der Waals surface area contributed by atoms with Crippen LogP contribution in [0.25, 0.3) is 0 Å². The van der Waals surface area contributed by atoms with Gasteiger partial charge >= 0.3 is 6.18 Å². The van der Waals surface area contributed by atoms with Crippen LogP contribution in [-0.2, 0) is 6.18 Å². The zero-order valence-corrected chi connectivity index (χ0v) is 11.6. The Morgan fingerprint density at radius 3 is 2.62 bits per heavy atom. The molecule has 0 saturated carbocycles. The van der Waals surface area contributed by atoms with E-state index in [1.165, 1.54) is 6.07 Å². The summed E-state index contributed by atoms with van der Waals surface area (Å²) in [6.45, 7) is 0.208. The first-order valence-corrected chi connectivity index (χ1v) is 6.52. The van der Waals surface area contributed by atoms with Gasteiger partial charge in [-0.3, -0.25) is 4.98 Å². The van der Waals surface area contributed by atoms with Crippen LogP contribution < -0.4 is 11.1 Å². The molecule has 1 heterocycles. The van der Waals surface area contributed by atoms with Gasteiger partial charge in [0.05, 0.1) is 11.6 Å². The Labute approximate surface area is 124 Å². The number of halogens is 4. The van der Waals surface area contributed by atoms with Crippen LogP contribution >= 0.6 is 11.6 Å². The van der Waals surface area contributed by atoms with E-state index in [-0.39, 0.29) is 23.3 Å². The highest BCUT2D eigenvalue weighted by Crippen LogP contribution is 2.34. The number of nitrogens with two attached hydrogens (primary N) is 1. The number of anilines is 1. The maximum atomic E-state index is 12.8. The first kappa shape index (κ1) is 15.6. The summed E-state index contributed by atoms with van der Waals surface area (Å²) in [5.41, 5.74) is 5.91. The average molecular weight is 316 g/mol. The molecular weight excluding hydrogens is 303 g/mol. The van der Waals surface area contributed by atoms with Crippen LogP contribution in [0, 0.1) is 0 Å². The molecule has 0 bridgehead atoms. The van der Waals surface area contributed by atoms with E-state index in [9.17, 15) is 13.2 Å². The maximum Gasteiger partial charge on any atom is 0.416 e. The van der Waals surface area contributed by atoms with E-state index in [0.717, 1.165) is 17.7 Å². The van der Waals surface area contributed by atoms with Gasteiger partial charge in [-0.15, -0.1) is 0 Å². The molecule has 7 heteroatoms. The molecule has 1 aromatic carbocycles. The topological polar surface area (TPSA) is 50.9 Å². The number of alkyl halides is 3. The van der Waals surface area contributed by atoms with Gasteiger partial charge in [0.15, 0.2) is 0 Å². The van der Waals surface area contributed by atoms with Crippen molar-refractivity contribution in [3.05, 3.63) is 58.9 Å². The third-order valence-electron chi connectivity index (χ3n) is 2.89. The van der Waals surface area contributed by atoms with Crippen LogP contribution in [0.5, 0.6) is 0 Å². The molecule has 3 nitrogen and oxygen atoms in total. The molecule has 1 atom stereocenters. The fourth-order valence-electron chi connectivity index (χ4n) is 1.90. The van der Waals surface area contributed by atoms with Crippen LogP contribution in [-0.4, -0.2) is 11.5 Å². The van der Waals surface area contributed by atoms with Crippen LogP contribution in [0.3, 0.4) is 0 Å². The normalized spacial score (nSPS) is 13.0. The highest BCUT2D eigenvalue weighted by atomic mass is 35.5. The van der Waals surface area contributed by atoms with Crippen molar-refractivity contribution in [1.82, 2.24) is 4.98 Å². The van der Waals surface area contributed by atoms with Gasteiger partial charge in [0.25, 0.3) is 0 Å². The van der Waals surface area contributed by atoms with Crippen LogP contribution in [0.15, 0.2) is 42.7 Å². The molecule has 112 valence electrons. The van der Waals surface area contributed by atoms with Gasteiger partial charge < -0.3 is 11.1 Å². The van der Waals surface area contributed by atoms with E-state index in [2.05, 4.69) is 10.3 Å². The third-order valence-corrected chi connectivity index (χ3v) is 3.11. The lowest BCUT2D eigenvalue weighted by Gasteiger charge is -2.19. The van der Waals surface area contributed by atoms with Crippen molar-refractivity contribution < 1.29 is 13.2 Å². The summed E-state index contributed by atoms with van der Waals surface area (Å²) in [5, 5.41) is 2.96. The summed E-state index contributed by atoms with van der Waals surface area (Å²) < 4.78 is 38.3. The molecule has 1 unspecified atom stereocenters. The zero-order chi connectivity index (χ0) is 15.5. The SMILES string of the molecule is NCC(Nc1cc(Cl)cc(C(F)(F)F)c1)c1cccnc1. The maximum absolute atomic E-state index is 12.8. The van der Waals surface area contributed by atoms with E-state index < -0.39 is 11.7 Å². The predicted molar refractivity (Wildman–Crippen MR) is 76.1 cm³/mol. The van der Waals surface area contributed by atoms with Gasteiger partial charge in [0.2, 0.25) is 0 Å². The van der Waals surface area contributed by atoms with Gasteiger partial charge in [0, 0.05) is 29.6 Å². The Hall–Kier alpha value is -1.79. The second kappa shape index (κ2) is 6.32. The number of hydrogen-bond acceptors (Lipinski definition) is 3. The second-order valence-electron chi connectivity index (χ2n) is 4.45. The number of nitrogens with one attached hydrogen (secondary N) is 1. The molecule has 0 aliphatic rings. The van der Waals surface area contributed by atoms with Gasteiger partial charge in [-0.2, -0.15) is 13.2 Å². The average Bonchev–Trinajstić information content (AvgIpc) is 2.44. The second-order valence-corrected chi connectivity index (χ2v) is 4.88. The van der Waals surface area contributed by atoms with Crippen molar-refractivity contribution in [3.8, 4) is 0 Å². The van der Waals surface area contributed by atoms with Gasteiger partial charge in [0.1, 0.15) is 0 Å². The van der Waals surface area contributed by atoms with E-state index >= 15 is 0 Å². The molecule has 0 spiro atoms. The van der Waals surface area contributed by atoms with Crippen molar-refractivity contribution in [3.63, 3.8) is 0 Å². The highest BCUT2D eigenvalue weighted by Gasteiger charge is 2.31. The largest absolute Gasteiger partial charge is 0.416 e. The van der Waals surface area contributed by atoms with E-state index in [0.29, 0.717) is 0 Å². The Morgan fingerprint density at radius 1 is 1.29 bits per heavy atom. The predicted octanol–water partition coefficient (Wildman–Crippen LogP) is 3.87. The first-order chi connectivity index (χ1) is 9.90. The van der Waals surface area contributed by atoms with Gasteiger partial charge in [-0.25, -0.2) is 0 Å². The number of pyridine rings is 1. The van der Waals surface area contributed by atoms with Crippen LogP contribution in [0.2, 0.25) is 5.02 Å². The number of benzene rings is 1. The van der Waals surface area contributed by atoms with Crippen molar-refractivity contribution >= 4 is 17.3 Å². The minimum atomic E-state index is -4.45. The molecule has 0 radical (unpaired) electrons. The monoisotopic (exact) mass is 315 g/mol. The van der Waals surface area contributed by atoms with Crippen molar-refractivity contribution in [2.75, 3.05) is 11.9 Å². The van der Waals surface area contributed by atoms with Gasteiger partial charge in [-0.1, -0.05) is 17.7 Å². The minimum Gasteiger partial charge on any atom is -0.377 e. The summed E-state index contributed by atoms with van der Waals surface area (Å²) in [6, 6.07) is 6.50. The molecule has 0 saturated heterocycles. The minimum absolute atomic E-state index is 0.00860. The smallest absolute Gasteiger partial charge is 0.377 e. The van der Waals surface area contributed by atoms with E-state index in [1.807, 2.05) is 0 Å². The molecule has 21 heavy (non-hydrogen) atoms. The van der Waals surface area contributed by atoms with Crippen molar-refractivity contribution in [2.45, 2.75) is 12.2 Å². The molecule has 2 rings (SSSR count). The quantitative estimate of drug-likeness (QED) is 0.900. The fraction of sp³-hybridized carbons (Fsp3) is 0.214. The lowest BCUT2D eigenvalue weighted by Crippen LogP contribution is -2.21. The Bertz CT molecular complexity index is 602. The molecule has 0 fully saturated rings. The first-order valence-electron chi connectivity index (χ1n) is 6.14. The summed E-state index contributed by atoms with van der Waals surface area (Å²) in [6.07, 6.45) is -1.23. The summed E-state index contributed by atoms with van der Waals surface area (Å²) in [7, 11) is 0. The van der Waals surface area contributed by atoms with Crippen molar-refractivity contribution in [2.24, 2.45) is 5.73 Å².